The number of anilines is 1. The van der Waals surface area contributed by atoms with Crippen LogP contribution in [0.1, 0.15) is 15.9 Å². The highest BCUT2D eigenvalue weighted by Gasteiger charge is 2.34. The van der Waals surface area contributed by atoms with E-state index in [9.17, 15) is 18.0 Å². The third-order valence-electron chi connectivity index (χ3n) is 1.90. The fourth-order valence-corrected chi connectivity index (χ4v) is 1.17. The first-order chi connectivity index (χ1) is 6.88. The maximum atomic E-state index is 12.4. The van der Waals surface area contributed by atoms with E-state index in [0.717, 1.165) is 12.1 Å². The van der Waals surface area contributed by atoms with Crippen molar-refractivity contribution in [3.05, 3.63) is 29.3 Å². The number of hydrogen-bond acceptors (Lipinski definition) is 3. The average Bonchev–Trinajstić information content (AvgIpc) is 2.15. The SMILES string of the molecule is NCC(=O)c1cccc(C(F)(F)F)c1N. The molecule has 0 bridgehead atoms. The smallest absolute Gasteiger partial charge is 0.398 e. The number of benzene rings is 1. The quantitative estimate of drug-likeness (QED) is 0.582. The molecule has 0 heterocycles. The molecule has 0 saturated heterocycles. The number of hydrogen-bond donors (Lipinski definition) is 2. The highest BCUT2D eigenvalue weighted by atomic mass is 19.4. The van der Waals surface area contributed by atoms with Crippen molar-refractivity contribution in [1.29, 1.82) is 0 Å². The Labute approximate surface area is 83.9 Å². The third kappa shape index (κ3) is 2.27. The molecule has 0 aliphatic carbocycles. The molecule has 82 valence electrons. The van der Waals surface area contributed by atoms with Crippen LogP contribution in [0.15, 0.2) is 18.2 Å². The standard InChI is InChI=1S/C9H9F3N2O/c10-9(11,12)6-3-1-2-5(8(6)14)7(15)4-13/h1-3H,4,13-14H2. The lowest BCUT2D eigenvalue weighted by Gasteiger charge is -2.12. The molecule has 0 atom stereocenters. The lowest BCUT2D eigenvalue weighted by molar-refractivity contribution is -0.136. The summed E-state index contributed by atoms with van der Waals surface area (Å²) in [4.78, 5) is 11.1. The summed E-state index contributed by atoms with van der Waals surface area (Å²) in [7, 11) is 0. The van der Waals surface area contributed by atoms with E-state index in [2.05, 4.69) is 0 Å². The zero-order chi connectivity index (χ0) is 11.6. The first-order valence-electron chi connectivity index (χ1n) is 4.07. The fraction of sp³-hybridized carbons (Fsp3) is 0.222. The lowest BCUT2D eigenvalue weighted by atomic mass is 10.0. The molecule has 0 unspecified atom stereocenters. The number of carbonyl (C=O) groups is 1. The highest BCUT2D eigenvalue weighted by Crippen LogP contribution is 2.34. The number of rotatable bonds is 2. The van der Waals surface area contributed by atoms with Crippen molar-refractivity contribution < 1.29 is 18.0 Å². The topological polar surface area (TPSA) is 69.1 Å². The molecule has 0 amide bonds. The number of nitrogens with two attached hydrogens (primary N) is 2. The van der Waals surface area contributed by atoms with Gasteiger partial charge >= 0.3 is 6.18 Å². The van der Waals surface area contributed by atoms with Gasteiger partial charge in [-0.3, -0.25) is 4.79 Å². The van der Waals surface area contributed by atoms with Crippen molar-refractivity contribution in [2.24, 2.45) is 5.73 Å². The molecule has 0 fully saturated rings. The molecule has 1 aromatic rings. The first-order valence-corrected chi connectivity index (χ1v) is 4.07. The molecule has 0 aromatic heterocycles. The van der Waals surface area contributed by atoms with Crippen LogP contribution in [0.4, 0.5) is 18.9 Å². The molecule has 6 heteroatoms. The molecule has 1 rings (SSSR count). The molecular weight excluding hydrogens is 209 g/mol. The Bertz CT molecular complexity index is 387. The van der Waals surface area contributed by atoms with Gasteiger partial charge in [0.1, 0.15) is 0 Å². The van der Waals surface area contributed by atoms with Crippen molar-refractivity contribution in [2.45, 2.75) is 6.18 Å². The molecule has 0 aliphatic heterocycles. The van der Waals surface area contributed by atoms with Gasteiger partial charge < -0.3 is 11.5 Å². The summed E-state index contributed by atoms with van der Waals surface area (Å²) >= 11 is 0. The second-order valence-corrected chi connectivity index (χ2v) is 2.89. The molecule has 4 N–H and O–H groups in total. The summed E-state index contributed by atoms with van der Waals surface area (Å²) < 4.78 is 37.1. The van der Waals surface area contributed by atoms with Crippen LogP contribution < -0.4 is 11.5 Å². The molecule has 0 radical (unpaired) electrons. The molecule has 1 aromatic carbocycles. The Morgan fingerprint density at radius 1 is 1.33 bits per heavy atom. The Morgan fingerprint density at radius 2 is 1.93 bits per heavy atom. The minimum absolute atomic E-state index is 0.188. The number of ketones is 1. The van der Waals surface area contributed by atoms with Gasteiger partial charge in [-0.15, -0.1) is 0 Å². The van der Waals surface area contributed by atoms with Gasteiger partial charge in [-0.05, 0) is 12.1 Å². The van der Waals surface area contributed by atoms with Crippen LogP contribution in [0.3, 0.4) is 0 Å². The third-order valence-corrected chi connectivity index (χ3v) is 1.90. The maximum absolute atomic E-state index is 12.4. The second kappa shape index (κ2) is 3.90. The van der Waals surface area contributed by atoms with Crippen molar-refractivity contribution in [2.75, 3.05) is 12.3 Å². The van der Waals surface area contributed by atoms with E-state index in [1.807, 2.05) is 0 Å². The molecule has 3 nitrogen and oxygen atoms in total. The summed E-state index contributed by atoms with van der Waals surface area (Å²) in [6.45, 7) is -0.370. The largest absolute Gasteiger partial charge is 0.418 e. The van der Waals surface area contributed by atoms with E-state index >= 15 is 0 Å². The Kier molecular flexibility index (Phi) is 2.99. The molecule has 0 spiro atoms. The molecule has 15 heavy (non-hydrogen) atoms. The van der Waals surface area contributed by atoms with Crippen LogP contribution >= 0.6 is 0 Å². The molecule has 0 saturated carbocycles. The summed E-state index contributed by atoms with van der Waals surface area (Å²) in [5, 5.41) is 0. The van der Waals surface area contributed by atoms with Crippen LogP contribution in [0.25, 0.3) is 0 Å². The predicted molar refractivity (Wildman–Crippen MR) is 49.2 cm³/mol. The molecular formula is C9H9F3N2O. The van der Waals surface area contributed by atoms with Crippen molar-refractivity contribution in [1.82, 2.24) is 0 Å². The highest BCUT2D eigenvalue weighted by molar-refractivity contribution is 6.02. The number of nitrogen functional groups attached to an aromatic ring is 1. The Morgan fingerprint density at radius 3 is 2.40 bits per heavy atom. The number of alkyl halides is 3. The van der Waals surface area contributed by atoms with Crippen LogP contribution in [-0.2, 0) is 6.18 Å². The summed E-state index contributed by atoms with van der Waals surface area (Å²) in [5.74, 6) is -0.612. The normalized spacial score (nSPS) is 11.5. The van der Waals surface area contributed by atoms with E-state index in [1.165, 1.54) is 6.07 Å². The number of para-hydroxylation sites is 1. The van der Waals surface area contributed by atoms with Gasteiger partial charge in [0, 0.05) is 5.56 Å². The van der Waals surface area contributed by atoms with Gasteiger partial charge in [-0.25, -0.2) is 0 Å². The fourth-order valence-electron chi connectivity index (χ4n) is 1.17. The average molecular weight is 218 g/mol. The zero-order valence-corrected chi connectivity index (χ0v) is 7.64. The van der Waals surface area contributed by atoms with E-state index in [1.54, 1.807) is 0 Å². The van der Waals surface area contributed by atoms with Gasteiger partial charge in [0.25, 0.3) is 0 Å². The number of Topliss-reactive ketones (excluding diaryl/α,β-unsaturated/α-hetero) is 1. The lowest BCUT2D eigenvalue weighted by Crippen LogP contribution is -2.18. The van der Waals surface area contributed by atoms with Gasteiger partial charge in [0.15, 0.2) is 5.78 Å². The zero-order valence-electron chi connectivity index (χ0n) is 7.64. The van der Waals surface area contributed by atoms with E-state index in [-0.39, 0.29) is 12.1 Å². The van der Waals surface area contributed by atoms with Gasteiger partial charge in [0.05, 0.1) is 17.8 Å². The summed E-state index contributed by atoms with van der Waals surface area (Å²) in [6, 6.07) is 3.17. The monoisotopic (exact) mass is 218 g/mol. The van der Waals surface area contributed by atoms with E-state index < -0.39 is 23.2 Å². The molecule has 0 aliphatic rings. The Hall–Kier alpha value is -1.56. The van der Waals surface area contributed by atoms with Crippen LogP contribution in [-0.4, -0.2) is 12.3 Å². The van der Waals surface area contributed by atoms with Crippen molar-refractivity contribution in [3.8, 4) is 0 Å². The summed E-state index contributed by atoms with van der Waals surface area (Å²) in [6.07, 6.45) is -4.56. The minimum atomic E-state index is -4.56. The van der Waals surface area contributed by atoms with E-state index in [0.29, 0.717) is 0 Å². The van der Waals surface area contributed by atoms with Crippen molar-refractivity contribution in [3.63, 3.8) is 0 Å². The first kappa shape index (κ1) is 11.5. The number of carbonyl (C=O) groups excluding carboxylic acids is 1. The van der Waals surface area contributed by atoms with Crippen LogP contribution in [0, 0.1) is 0 Å². The minimum Gasteiger partial charge on any atom is -0.398 e. The van der Waals surface area contributed by atoms with Gasteiger partial charge in [0.2, 0.25) is 0 Å². The predicted octanol–water partition coefficient (Wildman–Crippen LogP) is 1.43. The Balaban J connectivity index is 3.30. The van der Waals surface area contributed by atoms with Crippen LogP contribution in [0.5, 0.6) is 0 Å². The maximum Gasteiger partial charge on any atom is 0.418 e. The van der Waals surface area contributed by atoms with Gasteiger partial charge in [-0.2, -0.15) is 13.2 Å². The van der Waals surface area contributed by atoms with E-state index in [4.69, 9.17) is 11.5 Å². The van der Waals surface area contributed by atoms with Gasteiger partial charge in [-0.1, -0.05) is 6.07 Å². The summed E-state index contributed by atoms with van der Waals surface area (Å²) in [5.41, 5.74) is 8.53. The van der Waals surface area contributed by atoms with Crippen LogP contribution in [0.2, 0.25) is 0 Å². The second-order valence-electron chi connectivity index (χ2n) is 2.89. The van der Waals surface area contributed by atoms with Crippen molar-refractivity contribution >= 4 is 11.5 Å². The number of halogens is 3.